The Bertz CT molecular complexity index is 1220. The minimum atomic E-state index is -0.325. The Labute approximate surface area is 189 Å². The Morgan fingerprint density at radius 2 is 1.88 bits per heavy atom. The number of hydrogen-bond donors (Lipinski definition) is 0. The molecule has 2 aromatic carbocycles. The number of rotatable bonds is 7. The van der Waals surface area contributed by atoms with E-state index in [1.54, 1.807) is 16.8 Å². The minimum absolute atomic E-state index is 0.0260. The quantitative estimate of drug-likeness (QED) is 0.355. The second-order valence-corrected chi connectivity index (χ2v) is 8.77. The first-order valence-electron chi connectivity index (χ1n) is 10.5. The molecule has 5 nitrogen and oxygen atoms in total. The van der Waals surface area contributed by atoms with Crippen molar-refractivity contribution in [3.05, 3.63) is 88.4 Å². The SMILES string of the molecule is Cn1nc(-c2ccccc2)c(CN(C(=O)c2cccs2)C2CC2)c1Oc1ccc(F)cc1. The number of ether oxygens (including phenoxy) is 1. The molecular weight excluding hydrogens is 425 g/mol. The first kappa shape index (κ1) is 20.5. The Morgan fingerprint density at radius 3 is 2.53 bits per heavy atom. The van der Waals surface area contributed by atoms with Gasteiger partial charge in [0, 0.05) is 18.7 Å². The maximum atomic E-state index is 13.4. The van der Waals surface area contributed by atoms with Crippen LogP contribution in [0.4, 0.5) is 4.39 Å². The molecule has 0 bridgehead atoms. The van der Waals surface area contributed by atoms with Gasteiger partial charge >= 0.3 is 0 Å². The van der Waals surface area contributed by atoms with Gasteiger partial charge in [-0.05, 0) is 48.6 Å². The number of aryl methyl sites for hydroxylation is 1. The van der Waals surface area contributed by atoms with E-state index in [9.17, 15) is 9.18 Å². The van der Waals surface area contributed by atoms with Crippen molar-refractivity contribution in [1.82, 2.24) is 14.7 Å². The van der Waals surface area contributed by atoms with Crippen molar-refractivity contribution in [1.29, 1.82) is 0 Å². The lowest BCUT2D eigenvalue weighted by Gasteiger charge is -2.22. The van der Waals surface area contributed by atoms with Gasteiger partial charge in [-0.25, -0.2) is 9.07 Å². The van der Waals surface area contributed by atoms with Gasteiger partial charge in [0.1, 0.15) is 17.3 Å². The van der Waals surface area contributed by atoms with Crippen molar-refractivity contribution in [2.45, 2.75) is 25.4 Å². The lowest BCUT2D eigenvalue weighted by molar-refractivity contribution is 0.0734. The fraction of sp³-hybridized carbons (Fsp3) is 0.200. The third kappa shape index (κ3) is 4.16. The number of hydrogen-bond acceptors (Lipinski definition) is 4. The number of amides is 1. The highest BCUT2D eigenvalue weighted by atomic mass is 32.1. The van der Waals surface area contributed by atoms with Gasteiger partial charge in [-0.1, -0.05) is 36.4 Å². The summed E-state index contributed by atoms with van der Waals surface area (Å²) in [5.41, 5.74) is 2.56. The van der Waals surface area contributed by atoms with Crippen molar-refractivity contribution in [2.75, 3.05) is 0 Å². The van der Waals surface area contributed by atoms with Gasteiger partial charge in [0.05, 0.1) is 17.0 Å². The maximum Gasteiger partial charge on any atom is 0.264 e. The molecule has 32 heavy (non-hydrogen) atoms. The van der Waals surface area contributed by atoms with Crippen LogP contribution in [-0.2, 0) is 13.6 Å². The summed E-state index contributed by atoms with van der Waals surface area (Å²) >= 11 is 1.45. The van der Waals surface area contributed by atoms with Crippen molar-refractivity contribution in [2.24, 2.45) is 7.05 Å². The average Bonchev–Trinajstić information content (AvgIpc) is 3.40. The normalized spacial score (nSPS) is 13.2. The van der Waals surface area contributed by atoms with E-state index in [1.807, 2.05) is 59.8 Å². The van der Waals surface area contributed by atoms with E-state index in [-0.39, 0.29) is 17.8 Å². The summed E-state index contributed by atoms with van der Waals surface area (Å²) in [6, 6.07) is 19.7. The van der Waals surface area contributed by atoms with Gasteiger partial charge < -0.3 is 9.64 Å². The fourth-order valence-electron chi connectivity index (χ4n) is 3.73. The number of aromatic nitrogens is 2. The predicted octanol–water partition coefficient (Wildman–Crippen LogP) is 5.88. The second-order valence-electron chi connectivity index (χ2n) is 7.82. The van der Waals surface area contributed by atoms with Crippen LogP contribution < -0.4 is 4.74 Å². The summed E-state index contributed by atoms with van der Waals surface area (Å²) in [6.45, 7) is 0.385. The fourth-order valence-corrected chi connectivity index (χ4v) is 4.41. The van der Waals surface area contributed by atoms with Crippen molar-refractivity contribution in [3.63, 3.8) is 0 Å². The van der Waals surface area contributed by atoms with E-state index < -0.39 is 0 Å². The summed E-state index contributed by atoms with van der Waals surface area (Å²) in [5, 5.41) is 6.65. The molecule has 5 rings (SSSR count). The molecule has 1 amide bonds. The Morgan fingerprint density at radius 1 is 1.12 bits per heavy atom. The molecular formula is C25H22FN3O2S. The molecule has 7 heteroatoms. The van der Waals surface area contributed by atoms with Crippen LogP contribution in [0, 0.1) is 5.82 Å². The molecule has 0 radical (unpaired) electrons. The number of thiophene rings is 1. The summed E-state index contributed by atoms with van der Waals surface area (Å²) in [5.74, 6) is 0.755. The lowest BCUT2D eigenvalue weighted by Crippen LogP contribution is -2.32. The lowest BCUT2D eigenvalue weighted by atomic mass is 10.1. The van der Waals surface area contributed by atoms with Gasteiger partial charge in [0.25, 0.3) is 5.91 Å². The molecule has 1 aliphatic carbocycles. The van der Waals surface area contributed by atoms with Crippen molar-refractivity contribution >= 4 is 17.2 Å². The molecule has 0 spiro atoms. The number of carbonyl (C=O) groups excluding carboxylic acids is 1. The topological polar surface area (TPSA) is 47.4 Å². The monoisotopic (exact) mass is 447 g/mol. The number of carbonyl (C=O) groups is 1. The van der Waals surface area contributed by atoms with E-state index in [0.29, 0.717) is 18.2 Å². The zero-order valence-electron chi connectivity index (χ0n) is 17.6. The first-order valence-corrected chi connectivity index (χ1v) is 11.4. The standard InChI is InChI=1S/C25H22FN3O2S/c1-28-25(31-20-13-9-18(26)10-14-20)21(23(27-28)17-6-3-2-4-7-17)16-29(19-11-12-19)24(30)22-8-5-15-32-22/h2-10,13-15,19H,11-12,16H2,1H3. The van der Waals surface area contributed by atoms with Gasteiger partial charge in [-0.3, -0.25) is 4.79 Å². The molecule has 2 heterocycles. The molecule has 0 atom stereocenters. The Kier molecular flexibility index (Phi) is 5.49. The largest absolute Gasteiger partial charge is 0.439 e. The van der Waals surface area contributed by atoms with E-state index in [4.69, 9.17) is 9.84 Å². The van der Waals surface area contributed by atoms with Crippen LogP contribution in [0.25, 0.3) is 11.3 Å². The molecule has 0 aliphatic heterocycles. The molecule has 4 aromatic rings. The molecule has 2 aromatic heterocycles. The highest BCUT2D eigenvalue weighted by Gasteiger charge is 2.35. The number of halogens is 1. The zero-order chi connectivity index (χ0) is 22.1. The zero-order valence-corrected chi connectivity index (χ0v) is 18.4. The molecule has 0 unspecified atom stereocenters. The third-order valence-electron chi connectivity index (χ3n) is 5.47. The molecule has 1 aliphatic rings. The van der Waals surface area contributed by atoms with Crippen molar-refractivity contribution in [3.8, 4) is 22.9 Å². The highest BCUT2D eigenvalue weighted by Crippen LogP contribution is 2.37. The molecule has 1 saturated carbocycles. The van der Waals surface area contributed by atoms with Crippen LogP contribution in [0.5, 0.6) is 11.6 Å². The van der Waals surface area contributed by atoms with Crippen LogP contribution in [0.3, 0.4) is 0 Å². The highest BCUT2D eigenvalue weighted by molar-refractivity contribution is 7.12. The van der Waals surface area contributed by atoms with Crippen LogP contribution in [0.1, 0.15) is 28.1 Å². The van der Waals surface area contributed by atoms with Crippen molar-refractivity contribution < 1.29 is 13.9 Å². The molecule has 1 fully saturated rings. The van der Waals surface area contributed by atoms with Gasteiger partial charge in [0.2, 0.25) is 5.88 Å². The Hall–Kier alpha value is -3.45. The smallest absolute Gasteiger partial charge is 0.264 e. The summed E-state index contributed by atoms with van der Waals surface area (Å²) < 4.78 is 21.2. The molecule has 162 valence electrons. The molecule has 0 saturated heterocycles. The summed E-state index contributed by atoms with van der Waals surface area (Å²) in [6.07, 6.45) is 1.98. The average molecular weight is 448 g/mol. The third-order valence-corrected chi connectivity index (χ3v) is 6.33. The van der Waals surface area contributed by atoms with E-state index in [0.717, 1.165) is 34.5 Å². The van der Waals surface area contributed by atoms with Crippen LogP contribution in [0.2, 0.25) is 0 Å². The number of nitrogens with zero attached hydrogens (tertiary/aromatic N) is 3. The van der Waals surface area contributed by atoms with E-state index in [1.165, 1.54) is 23.5 Å². The van der Waals surface area contributed by atoms with E-state index in [2.05, 4.69) is 0 Å². The summed E-state index contributed by atoms with van der Waals surface area (Å²) in [7, 11) is 1.82. The van der Waals surface area contributed by atoms with Gasteiger partial charge in [-0.15, -0.1) is 11.3 Å². The minimum Gasteiger partial charge on any atom is -0.439 e. The van der Waals surface area contributed by atoms with Gasteiger partial charge in [-0.2, -0.15) is 5.10 Å². The number of benzene rings is 2. The van der Waals surface area contributed by atoms with E-state index >= 15 is 0 Å². The summed E-state index contributed by atoms with van der Waals surface area (Å²) in [4.78, 5) is 15.9. The maximum absolute atomic E-state index is 13.4. The van der Waals surface area contributed by atoms with Crippen LogP contribution in [-0.4, -0.2) is 26.6 Å². The second kappa shape index (κ2) is 8.59. The molecule has 0 N–H and O–H groups in total. The first-order chi connectivity index (χ1) is 15.6. The van der Waals surface area contributed by atoms with Crippen LogP contribution in [0.15, 0.2) is 72.1 Å². The van der Waals surface area contributed by atoms with Crippen LogP contribution >= 0.6 is 11.3 Å². The predicted molar refractivity (Wildman–Crippen MR) is 122 cm³/mol. The van der Waals surface area contributed by atoms with Gasteiger partial charge in [0.15, 0.2) is 0 Å². The Balaban J connectivity index is 1.56.